The largest absolute Gasteiger partial charge is 0.339 e. The maximum Gasteiger partial charge on any atom is 0.255 e. The summed E-state index contributed by atoms with van der Waals surface area (Å²) in [7, 11) is 0. The third kappa shape index (κ3) is 2.55. The lowest BCUT2D eigenvalue weighted by Gasteiger charge is -2.01. The van der Waals surface area contributed by atoms with Gasteiger partial charge in [-0.1, -0.05) is 23.2 Å². The molecule has 7 heteroatoms. The number of nitrogens with one attached hydrogen (secondary N) is 1. The van der Waals surface area contributed by atoms with E-state index >= 15 is 0 Å². The molecule has 1 heterocycles. The number of halogens is 2. The van der Waals surface area contributed by atoms with Crippen LogP contribution in [0.1, 0.15) is 10.4 Å². The summed E-state index contributed by atoms with van der Waals surface area (Å²) in [5.74, 6) is -0.506. The van der Waals surface area contributed by atoms with Crippen molar-refractivity contribution in [1.82, 2.24) is 15.5 Å². The quantitative estimate of drug-likeness (QED) is 0.771. The van der Waals surface area contributed by atoms with Crippen molar-refractivity contribution in [3.63, 3.8) is 0 Å². The summed E-state index contributed by atoms with van der Waals surface area (Å²) in [5, 5.41) is 17.4. The minimum atomic E-state index is -0.506. The first-order valence-electron chi connectivity index (χ1n) is 3.49. The van der Waals surface area contributed by atoms with Gasteiger partial charge in [-0.3, -0.25) is 4.79 Å². The average molecular weight is 231 g/mol. The second-order valence-corrected chi connectivity index (χ2v) is 2.96. The Kier molecular flexibility index (Phi) is 3.63. The molecule has 0 aliphatic carbocycles. The normalized spacial score (nSPS) is 9.21. The van der Waals surface area contributed by atoms with E-state index in [1.807, 2.05) is 0 Å². The Labute approximate surface area is 89.6 Å². The van der Waals surface area contributed by atoms with E-state index in [9.17, 15) is 4.79 Å². The number of aromatic nitrogens is 2. The smallest absolute Gasteiger partial charge is 0.255 e. The van der Waals surface area contributed by atoms with E-state index in [1.54, 1.807) is 6.07 Å². The van der Waals surface area contributed by atoms with Crippen LogP contribution in [0.4, 0.5) is 0 Å². The molecule has 0 unspecified atom stereocenters. The van der Waals surface area contributed by atoms with E-state index in [0.29, 0.717) is 0 Å². The molecule has 72 valence electrons. The van der Waals surface area contributed by atoms with Gasteiger partial charge in [0.25, 0.3) is 5.91 Å². The van der Waals surface area contributed by atoms with Gasteiger partial charge in [0.05, 0.1) is 11.6 Å². The zero-order valence-electron chi connectivity index (χ0n) is 6.79. The van der Waals surface area contributed by atoms with E-state index in [2.05, 4.69) is 15.5 Å². The van der Waals surface area contributed by atoms with Gasteiger partial charge >= 0.3 is 0 Å². The van der Waals surface area contributed by atoms with Crippen molar-refractivity contribution in [2.24, 2.45) is 0 Å². The van der Waals surface area contributed by atoms with Gasteiger partial charge in [-0.25, -0.2) is 0 Å². The average Bonchev–Trinajstić information content (AvgIpc) is 2.18. The third-order valence-electron chi connectivity index (χ3n) is 1.29. The van der Waals surface area contributed by atoms with Crippen LogP contribution in [0.15, 0.2) is 6.07 Å². The summed E-state index contributed by atoms with van der Waals surface area (Å²) in [5.41, 5.74) is 0.0990. The highest BCUT2D eigenvalue weighted by Crippen LogP contribution is 2.14. The second kappa shape index (κ2) is 4.74. The number of carbonyl (C=O) groups excluding carboxylic acids is 1. The highest BCUT2D eigenvalue weighted by atomic mass is 35.5. The van der Waals surface area contributed by atoms with Gasteiger partial charge in [0, 0.05) is 0 Å². The SMILES string of the molecule is N#CCNC(=O)c1cc(Cl)nnc1Cl. The van der Waals surface area contributed by atoms with Crippen LogP contribution >= 0.6 is 23.2 Å². The summed E-state index contributed by atoms with van der Waals surface area (Å²) in [6.07, 6.45) is 0. The maximum atomic E-state index is 11.3. The molecule has 0 saturated carbocycles. The molecule has 5 nitrogen and oxygen atoms in total. The first-order chi connectivity index (χ1) is 6.65. The van der Waals surface area contributed by atoms with E-state index in [-0.39, 0.29) is 22.4 Å². The molecule has 1 aromatic rings. The number of nitriles is 1. The highest BCUT2D eigenvalue weighted by molar-refractivity contribution is 6.34. The van der Waals surface area contributed by atoms with E-state index in [4.69, 9.17) is 28.5 Å². The summed E-state index contributed by atoms with van der Waals surface area (Å²) in [6, 6.07) is 3.04. The second-order valence-electron chi connectivity index (χ2n) is 2.21. The first-order valence-corrected chi connectivity index (χ1v) is 4.24. The van der Waals surface area contributed by atoms with Crippen LogP contribution < -0.4 is 5.32 Å². The van der Waals surface area contributed by atoms with Crippen LogP contribution in [0.5, 0.6) is 0 Å². The lowest BCUT2D eigenvalue weighted by molar-refractivity contribution is 0.0958. The van der Waals surface area contributed by atoms with Crippen LogP contribution in [0.3, 0.4) is 0 Å². The van der Waals surface area contributed by atoms with Gasteiger partial charge in [0.15, 0.2) is 10.3 Å². The molecule has 1 amide bonds. The van der Waals surface area contributed by atoms with E-state index in [0.717, 1.165) is 0 Å². The molecule has 14 heavy (non-hydrogen) atoms. The van der Waals surface area contributed by atoms with Gasteiger partial charge in [0.2, 0.25) is 0 Å². The number of carbonyl (C=O) groups is 1. The van der Waals surface area contributed by atoms with Gasteiger partial charge < -0.3 is 5.32 Å². The first kappa shape index (κ1) is 10.7. The van der Waals surface area contributed by atoms with Crippen molar-refractivity contribution in [1.29, 1.82) is 5.26 Å². The van der Waals surface area contributed by atoms with Crippen molar-refractivity contribution < 1.29 is 4.79 Å². The Morgan fingerprint density at radius 1 is 1.57 bits per heavy atom. The Bertz CT molecular complexity index is 401. The van der Waals surface area contributed by atoms with Crippen molar-refractivity contribution in [2.75, 3.05) is 6.54 Å². The lowest BCUT2D eigenvalue weighted by Crippen LogP contribution is -2.24. The molecule has 0 fully saturated rings. The number of nitrogens with zero attached hydrogens (tertiary/aromatic N) is 3. The number of hydrogen-bond donors (Lipinski definition) is 1. The van der Waals surface area contributed by atoms with Crippen LogP contribution in [0, 0.1) is 11.3 Å². The van der Waals surface area contributed by atoms with Crippen LogP contribution in [-0.4, -0.2) is 22.6 Å². The van der Waals surface area contributed by atoms with Crippen LogP contribution in [-0.2, 0) is 0 Å². The minimum absolute atomic E-state index is 0.0511. The number of rotatable bonds is 2. The molecule has 1 aromatic heterocycles. The summed E-state index contributed by atoms with van der Waals surface area (Å²) < 4.78 is 0. The number of amides is 1. The van der Waals surface area contributed by atoms with Gasteiger partial charge in [-0.15, -0.1) is 10.2 Å². The molecular weight excluding hydrogens is 227 g/mol. The maximum absolute atomic E-state index is 11.3. The zero-order chi connectivity index (χ0) is 10.6. The molecule has 0 saturated heterocycles. The Hall–Kier alpha value is -1.38. The van der Waals surface area contributed by atoms with Gasteiger partial charge in [-0.2, -0.15) is 5.26 Å². The molecule has 1 N–H and O–H groups in total. The van der Waals surface area contributed by atoms with E-state index in [1.165, 1.54) is 6.07 Å². The van der Waals surface area contributed by atoms with Crippen molar-refractivity contribution in [3.8, 4) is 6.07 Å². The molecule has 0 atom stereocenters. The summed E-state index contributed by atoms with van der Waals surface area (Å²) in [6.45, 7) is -0.102. The molecule has 0 radical (unpaired) electrons. The van der Waals surface area contributed by atoms with Gasteiger partial charge in [0.1, 0.15) is 6.54 Å². The third-order valence-corrected chi connectivity index (χ3v) is 1.76. The Morgan fingerprint density at radius 3 is 2.93 bits per heavy atom. The number of hydrogen-bond acceptors (Lipinski definition) is 4. The van der Waals surface area contributed by atoms with Gasteiger partial charge in [-0.05, 0) is 6.07 Å². The summed E-state index contributed by atoms with van der Waals surface area (Å²) in [4.78, 5) is 11.3. The van der Waals surface area contributed by atoms with Crippen LogP contribution in [0.2, 0.25) is 10.3 Å². The fourth-order valence-corrected chi connectivity index (χ4v) is 1.05. The molecule has 0 bridgehead atoms. The summed E-state index contributed by atoms with van der Waals surface area (Å²) >= 11 is 11.1. The van der Waals surface area contributed by atoms with Crippen molar-refractivity contribution in [3.05, 3.63) is 21.9 Å². The molecule has 0 spiro atoms. The molecular formula is C7H4Cl2N4O. The predicted molar refractivity (Wildman–Crippen MR) is 50.0 cm³/mol. The highest BCUT2D eigenvalue weighted by Gasteiger charge is 2.12. The Morgan fingerprint density at radius 2 is 2.29 bits per heavy atom. The molecule has 0 aliphatic rings. The fourth-order valence-electron chi connectivity index (χ4n) is 0.727. The monoisotopic (exact) mass is 230 g/mol. The van der Waals surface area contributed by atoms with Crippen molar-refractivity contribution in [2.45, 2.75) is 0 Å². The lowest BCUT2D eigenvalue weighted by atomic mass is 10.3. The van der Waals surface area contributed by atoms with Crippen LogP contribution in [0.25, 0.3) is 0 Å². The topological polar surface area (TPSA) is 78.7 Å². The van der Waals surface area contributed by atoms with E-state index < -0.39 is 5.91 Å². The fraction of sp³-hybridized carbons (Fsp3) is 0.143. The predicted octanol–water partition coefficient (Wildman–Crippen LogP) is 1.04. The molecule has 0 aromatic carbocycles. The minimum Gasteiger partial charge on any atom is -0.339 e. The molecule has 0 aliphatic heterocycles. The standard InChI is InChI=1S/C7H4Cl2N4O/c8-5-3-4(6(9)13-12-5)7(14)11-2-1-10/h3H,2H2,(H,11,14). The van der Waals surface area contributed by atoms with Crippen molar-refractivity contribution >= 4 is 29.1 Å². The Balaban J connectivity index is 2.90. The molecule has 1 rings (SSSR count). The zero-order valence-corrected chi connectivity index (χ0v) is 8.30.